The first-order valence-electron chi connectivity index (χ1n) is 6.14. The third-order valence-corrected chi connectivity index (χ3v) is 3.69. The highest BCUT2D eigenvalue weighted by atomic mass is 32.1. The van der Waals surface area contributed by atoms with Gasteiger partial charge in [0.25, 0.3) is 11.6 Å². The number of benzene rings is 1. The molecule has 128 valence electrons. The largest absolute Gasteiger partial charge is 0.435 e. The van der Waals surface area contributed by atoms with E-state index >= 15 is 0 Å². The number of rotatable bonds is 4. The third kappa shape index (κ3) is 3.76. The Labute approximate surface area is 135 Å². The second-order valence-corrected chi connectivity index (χ2v) is 5.47. The quantitative estimate of drug-likeness (QED) is 0.492. The molecule has 0 aliphatic rings. The lowest BCUT2D eigenvalue weighted by Crippen LogP contribution is -2.25. The van der Waals surface area contributed by atoms with E-state index in [-0.39, 0.29) is 5.56 Å². The monoisotopic (exact) mass is 364 g/mol. The van der Waals surface area contributed by atoms with Crippen molar-refractivity contribution >= 4 is 28.1 Å². The summed E-state index contributed by atoms with van der Waals surface area (Å²) in [4.78, 5) is 24.2. The van der Waals surface area contributed by atoms with Crippen LogP contribution in [0.1, 0.15) is 20.9 Å². The van der Waals surface area contributed by atoms with Gasteiger partial charge in [0.05, 0.1) is 11.0 Å². The lowest BCUT2D eigenvalue weighted by atomic mass is 10.1. The Balaban J connectivity index is 2.23. The lowest BCUT2D eigenvalue weighted by Gasteiger charge is -2.08. The second kappa shape index (κ2) is 6.39. The maximum Gasteiger partial charge on any atom is 0.435 e. The first-order valence-corrected chi connectivity index (χ1v) is 6.95. The van der Waals surface area contributed by atoms with E-state index in [1.807, 2.05) is 0 Å². The van der Waals surface area contributed by atoms with Gasteiger partial charge in [-0.3, -0.25) is 14.9 Å². The van der Waals surface area contributed by atoms with E-state index in [2.05, 4.69) is 10.3 Å². The summed E-state index contributed by atoms with van der Waals surface area (Å²) in [5.41, 5.74) is 3.09. The summed E-state index contributed by atoms with van der Waals surface area (Å²) in [6.45, 7) is -0.468. The van der Waals surface area contributed by atoms with E-state index in [0.29, 0.717) is 17.4 Å². The van der Waals surface area contributed by atoms with Crippen LogP contribution in [0, 0.1) is 15.9 Å². The fourth-order valence-electron chi connectivity index (χ4n) is 1.79. The van der Waals surface area contributed by atoms with Crippen molar-refractivity contribution < 1.29 is 27.3 Å². The molecule has 0 radical (unpaired) electrons. The van der Waals surface area contributed by atoms with Gasteiger partial charge >= 0.3 is 6.18 Å². The molecule has 24 heavy (non-hydrogen) atoms. The number of nitrogens with zero attached hydrogens (tertiary/aromatic N) is 2. The van der Waals surface area contributed by atoms with Crippen molar-refractivity contribution in [2.24, 2.45) is 0 Å². The van der Waals surface area contributed by atoms with E-state index in [0.717, 1.165) is 12.1 Å². The third-order valence-electron chi connectivity index (χ3n) is 2.80. The van der Waals surface area contributed by atoms with Gasteiger partial charge in [-0.25, -0.2) is 9.37 Å². The minimum atomic E-state index is -4.87. The van der Waals surface area contributed by atoms with Crippen LogP contribution < -0.4 is 11.1 Å². The van der Waals surface area contributed by atoms with Gasteiger partial charge in [0.2, 0.25) is 0 Å². The highest BCUT2D eigenvalue weighted by Gasteiger charge is 2.39. The number of hydrogen-bond donors (Lipinski definition) is 2. The summed E-state index contributed by atoms with van der Waals surface area (Å²) < 4.78 is 51.4. The molecule has 1 aromatic heterocycles. The van der Waals surface area contributed by atoms with Crippen molar-refractivity contribution in [1.82, 2.24) is 10.3 Å². The summed E-state index contributed by atoms with van der Waals surface area (Å²) in [5, 5.41) is 12.5. The number of nitrogen functional groups attached to an aromatic ring is 1. The van der Waals surface area contributed by atoms with Crippen LogP contribution in [0.15, 0.2) is 18.2 Å². The van der Waals surface area contributed by atoms with E-state index in [1.165, 1.54) is 0 Å². The number of nitrogens with one attached hydrogen (secondary N) is 1. The number of anilines is 1. The van der Waals surface area contributed by atoms with Crippen molar-refractivity contribution in [3.63, 3.8) is 0 Å². The summed E-state index contributed by atoms with van der Waals surface area (Å²) in [5.74, 6) is -2.00. The number of nitro benzene ring substituents is 1. The zero-order valence-corrected chi connectivity index (χ0v) is 12.4. The van der Waals surface area contributed by atoms with Gasteiger partial charge in [-0.15, -0.1) is 0 Å². The number of hydrogen-bond acceptors (Lipinski definition) is 6. The highest BCUT2D eigenvalue weighted by Crippen LogP contribution is 2.35. The van der Waals surface area contributed by atoms with E-state index in [9.17, 15) is 32.5 Å². The number of nitrogens with two attached hydrogens (primary N) is 1. The number of halogens is 4. The average molecular weight is 364 g/mol. The van der Waals surface area contributed by atoms with Crippen LogP contribution in [-0.4, -0.2) is 15.8 Å². The van der Waals surface area contributed by atoms with Crippen LogP contribution in [0.2, 0.25) is 0 Å². The molecule has 0 atom stereocenters. The van der Waals surface area contributed by atoms with Crippen LogP contribution in [0.5, 0.6) is 0 Å². The molecular formula is C12H8F4N4O3S. The molecule has 0 saturated carbocycles. The number of amides is 1. The maximum atomic E-state index is 13.0. The summed E-state index contributed by atoms with van der Waals surface area (Å²) >= 11 is 0.338. The molecule has 0 bridgehead atoms. The Morgan fingerprint density at radius 2 is 2.08 bits per heavy atom. The number of carbonyl (C=O) groups excluding carboxylic acids is 1. The number of carbonyl (C=O) groups is 1. The van der Waals surface area contributed by atoms with E-state index < -0.39 is 50.8 Å². The molecule has 1 aromatic carbocycles. The molecule has 0 fully saturated rings. The van der Waals surface area contributed by atoms with Gasteiger partial charge in [0.15, 0.2) is 10.8 Å². The molecule has 2 aromatic rings. The fourth-order valence-corrected chi connectivity index (χ4v) is 2.56. The zero-order valence-electron chi connectivity index (χ0n) is 11.6. The van der Waals surface area contributed by atoms with Gasteiger partial charge < -0.3 is 11.1 Å². The maximum absolute atomic E-state index is 13.0. The summed E-state index contributed by atoms with van der Waals surface area (Å²) in [7, 11) is 0. The Hall–Kier alpha value is -2.76. The topological polar surface area (TPSA) is 111 Å². The standard InChI is InChI=1S/C12H8F4N4O3S/c13-6-2-1-5(7(3-6)20(22)23)4-18-10(21)8-9(12(14,15)16)19-11(17)24-8/h1-3H,4H2,(H2,17,19)(H,18,21). The van der Waals surface area contributed by atoms with Gasteiger partial charge in [0, 0.05) is 12.1 Å². The van der Waals surface area contributed by atoms with Crippen LogP contribution in [-0.2, 0) is 12.7 Å². The number of thiazole rings is 1. The van der Waals surface area contributed by atoms with Crippen LogP contribution in [0.3, 0.4) is 0 Å². The molecule has 0 aliphatic carbocycles. The number of alkyl halides is 3. The van der Waals surface area contributed by atoms with Crippen LogP contribution in [0.4, 0.5) is 28.4 Å². The molecular weight excluding hydrogens is 356 g/mol. The Bertz CT molecular complexity index is 806. The Morgan fingerprint density at radius 3 is 2.67 bits per heavy atom. The highest BCUT2D eigenvalue weighted by molar-refractivity contribution is 7.17. The van der Waals surface area contributed by atoms with Crippen molar-refractivity contribution in [3.05, 3.63) is 50.3 Å². The summed E-state index contributed by atoms with van der Waals surface area (Å²) in [6, 6.07) is 2.63. The number of nitro groups is 1. The van der Waals surface area contributed by atoms with Crippen LogP contribution >= 0.6 is 11.3 Å². The molecule has 2 rings (SSSR count). The van der Waals surface area contributed by atoms with Crippen molar-refractivity contribution in [2.75, 3.05) is 5.73 Å². The molecule has 12 heteroatoms. The molecule has 0 unspecified atom stereocenters. The van der Waals surface area contributed by atoms with Gasteiger partial charge in [-0.1, -0.05) is 11.3 Å². The van der Waals surface area contributed by atoms with Crippen molar-refractivity contribution in [1.29, 1.82) is 0 Å². The molecule has 0 spiro atoms. The SMILES string of the molecule is Nc1nc(C(F)(F)F)c(C(=O)NCc2ccc(F)cc2[N+](=O)[O-])s1. The Morgan fingerprint density at radius 1 is 1.42 bits per heavy atom. The predicted molar refractivity (Wildman–Crippen MR) is 75.8 cm³/mol. The van der Waals surface area contributed by atoms with E-state index in [4.69, 9.17) is 5.73 Å². The molecule has 0 aliphatic heterocycles. The van der Waals surface area contributed by atoms with Gasteiger partial charge in [-0.2, -0.15) is 13.2 Å². The van der Waals surface area contributed by atoms with Gasteiger partial charge in [-0.05, 0) is 12.1 Å². The molecule has 7 nitrogen and oxygen atoms in total. The summed E-state index contributed by atoms with van der Waals surface area (Å²) in [6.07, 6.45) is -4.87. The molecule has 1 heterocycles. The molecule has 3 N–H and O–H groups in total. The first kappa shape index (κ1) is 17.6. The predicted octanol–water partition coefficient (Wildman–Crippen LogP) is 2.72. The minimum absolute atomic E-state index is 0.0687. The lowest BCUT2D eigenvalue weighted by molar-refractivity contribution is -0.385. The fraction of sp³-hybridized carbons (Fsp3) is 0.167. The van der Waals surface area contributed by atoms with Crippen LogP contribution in [0.25, 0.3) is 0 Å². The normalized spacial score (nSPS) is 11.3. The van der Waals surface area contributed by atoms with Crippen molar-refractivity contribution in [3.8, 4) is 0 Å². The molecule has 0 saturated heterocycles. The second-order valence-electron chi connectivity index (χ2n) is 4.44. The number of aromatic nitrogens is 1. The van der Waals surface area contributed by atoms with Crippen molar-refractivity contribution in [2.45, 2.75) is 12.7 Å². The average Bonchev–Trinajstić information content (AvgIpc) is 2.87. The van der Waals surface area contributed by atoms with Gasteiger partial charge in [0.1, 0.15) is 10.7 Å². The zero-order chi connectivity index (χ0) is 18.1. The minimum Gasteiger partial charge on any atom is -0.375 e. The molecule has 1 amide bonds. The smallest absolute Gasteiger partial charge is 0.375 e. The Kier molecular flexibility index (Phi) is 4.68. The first-order chi connectivity index (χ1) is 11.1. The van der Waals surface area contributed by atoms with E-state index in [1.54, 1.807) is 0 Å².